The Morgan fingerprint density at radius 2 is 1.71 bits per heavy atom. The molecule has 0 saturated carbocycles. The molecule has 2 aromatic carbocycles. The number of amides is 1. The molecular weight excluding hydrogens is 449 g/mol. The van der Waals surface area contributed by atoms with Gasteiger partial charge in [-0.2, -0.15) is 13.2 Å². The van der Waals surface area contributed by atoms with Gasteiger partial charge in [0.2, 0.25) is 0 Å². The van der Waals surface area contributed by atoms with E-state index in [-0.39, 0.29) is 17.0 Å². The molecule has 13 heteroatoms. The van der Waals surface area contributed by atoms with Crippen LogP contribution in [-0.4, -0.2) is 19.5 Å². The van der Waals surface area contributed by atoms with Crippen LogP contribution < -0.4 is 10.0 Å². The summed E-state index contributed by atoms with van der Waals surface area (Å²) in [5.41, 5.74) is -2.65. The number of aromatic nitrogens is 1. The van der Waals surface area contributed by atoms with Crippen molar-refractivity contribution in [3.8, 4) is 0 Å². The number of nitrogens with zero attached hydrogens (tertiary/aromatic N) is 1. The van der Waals surface area contributed by atoms with Crippen LogP contribution in [0.2, 0.25) is 0 Å². The summed E-state index contributed by atoms with van der Waals surface area (Å²) in [6.07, 6.45) is -3.95. The van der Waals surface area contributed by atoms with Crippen molar-refractivity contribution in [1.82, 2.24) is 5.16 Å². The Bertz CT molecular complexity index is 1240. The van der Waals surface area contributed by atoms with Gasteiger partial charge in [-0.3, -0.25) is 9.52 Å². The number of nitrogens with one attached hydrogen (secondary N) is 2. The summed E-state index contributed by atoms with van der Waals surface area (Å²) < 4.78 is 98.3. The van der Waals surface area contributed by atoms with Gasteiger partial charge in [0.05, 0.1) is 22.3 Å². The highest BCUT2D eigenvalue weighted by molar-refractivity contribution is 7.92. The van der Waals surface area contributed by atoms with Gasteiger partial charge in [-0.25, -0.2) is 17.2 Å². The fourth-order valence-electron chi connectivity index (χ4n) is 2.55. The SMILES string of the molecule is Cc1oncc1C(=O)Nc1ccc(NS(=O)(=O)c2cc(F)cc(F)c2)c(C(F)(F)F)c1. The largest absolute Gasteiger partial charge is 0.418 e. The van der Waals surface area contributed by atoms with E-state index in [1.54, 1.807) is 4.72 Å². The molecule has 0 spiro atoms. The van der Waals surface area contributed by atoms with Gasteiger partial charge in [-0.05, 0) is 37.3 Å². The van der Waals surface area contributed by atoms with E-state index in [0.29, 0.717) is 24.3 Å². The van der Waals surface area contributed by atoms with E-state index in [9.17, 15) is 35.2 Å². The molecule has 1 heterocycles. The molecule has 2 N–H and O–H groups in total. The molecule has 0 aliphatic rings. The number of rotatable bonds is 5. The van der Waals surface area contributed by atoms with Crippen LogP contribution >= 0.6 is 0 Å². The number of alkyl halides is 3. The molecule has 0 saturated heterocycles. The summed E-state index contributed by atoms with van der Waals surface area (Å²) in [5.74, 6) is -3.10. The van der Waals surface area contributed by atoms with Crippen molar-refractivity contribution in [3.63, 3.8) is 0 Å². The fourth-order valence-corrected chi connectivity index (χ4v) is 3.67. The molecule has 1 aromatic heterocycles. The molecule has 0 fully saturated rings. The van der Waals surface area contributed by atoms with E-state index < -0.39 is 49.9 Å². The van der Waals surface area contributed by atoms with Gasteiger partial charge in [-0.1, -0.05) is 5.16 Å². The Morgan fingerprint density at radius 3 is 2.26 bits per heavy atom. The Labute approximate surface area is 171 Å². The first-order valence-corrected chi connectivity index (χ1v) is 9.78. The van der Waals surface area contributed by atoms with E-state index in [0.717, 1.165) is 18.3 Å². The lowest BCUT2D eigenvalue weighted by Gasteiger charge is -2.16. The number of carbonyl (C=O) groups excluding carboxylic acids is 1. The average molecular weight is 461 g/mol. The predicted octanol–water partition coefficient (Wildman–Crippen LogP) is 4.33. The van der Waals surface area contributed by atoms with Gasteiger partial charge in [0.25, 0.3) is 15.9 Å². The van der Waals surface area contributed by atoms with Gasteiger partial charge >= 0.3 is 6.18 Å². The smallest absolute Gasteiger partial charge is 0.361 e. The van der Waals surface area contributed by atoms with Crippen molar-refractivity contribution in [3.05, 3.63) is 71.1 Å². The van der Waals surface area contributed by atoms with E-state index in [4.69, 9.17) is 4.52 Å². The van der Waals surface area contributed by atoms with E-state index in [1.165, 1.54) is 6.92 Å². The zero-order valence-corrected chi connectivity index (χ0v) is 16.2. The molecule has 0 aliphatic heterocycles. The van der Waals surface area contributed by atoms with Gasteiger partial charge in [0, 0.05) is 11.8 Å². The second kappa shape index (κ2) is 7.98. The third-order valence-corrected chi connectivity index (χ3v) is 5.31. The molecule has 164 valence electrons. The zero-order valence-electron chi connectivity index (χ0n) is 15.4. The molecular formula is C18H12F5N3O4S. The molecule has 0 bridgehead atoms. The molecule has 0 atom stereocenters. The number of halogens is 5. The lowest BCUT2D eigenvalue weighted by atomic mass is 10.1. The highest BCUT2D eigenvalue weighted by atomic mass is 32.2. The van der Waals surface area contributed by atoms with Crippen LogP contribution in [0.15, 0.2) is 52.0 Å². The first-order chi connectivity index (χ1) is 14.4. The van der Waals surface area contributed by atoms with Crippen molar-refractivity contribution >= 4 is 27.3 Å². The monoisotopic (exact) mass is 461 g/mol. The Balaban J connectivity index is 1.95. The normalized spacial score (nSPS) is 11.9. The third kappa shape index (κ3) is 4.99. The van der Waals surface area contributed by atoms with Crippen molar-refractivity contribution in [1.29, 1.82) is 0 Å². The number of sulfonamides is 1. The van der Waals surface area contributed by atoms with Crippen molar-refractivity contribution in [2.75, 3.05) is 10.0 Å². The van der Waals surface area contributed by atoms with Crippen LogP contribution in [0.25, 0.3) is 0 Å². The van der Waals surface area contributed by atoms with Crippen LogP contribution in [0.3, 0.4) is 0 Å². The van der Waals surface area contributed by atoms with Gasteiger partial charge in [0.1, 0.15) is 23.0 Å². The van der Waals surface area contributed by atoms with Crippen LogP contribution in [0.4, 0.5) is 33.3 Å². The molecule has 0 radical (unpaired) electrons. The molecule has 1 amide bonds. The maximum Gasteiger partial charge on any atom is 0.418 e. The van der Waals surface area contributed by atoms with Crippen molar-refractivity contribution in [2.24, 2.45) is 0 Å². The number of aryl methyl sites for hydroxylation is 1. The molecule has 3 rings (SSSR count). The summed E-state index contributed by atoms with van der Waals surface area (Å²) in [4.78, 5) is 11.2. The maximum atomic E-state index is 13.5. The van der Waals surface area contributed by atoms with Crippen molar-refractivity contribution < 1.29 is 39.7 Å². The Morgan fingerprint density at radius 1 is 1.06 bits per heavy atom. The Hall–Kier alpha value is -3.48. The van der Waals surface area contributed by atoms with Gasteiger partial charge in [-0.15, -0.1) is 0 Å². The molecule has 31 heavy (non-hydrogen) atoms. The number of hydrogen-bond acceptors (Lipinski definition) is 5. The number of anilines is 2. The van der Waals surface area contributed by atoms with Gasteiger partial charge in [0.15, 0.2) is 0 Å². The van der Waals surface area contributed by atoms with E-state index in [2.05, 4.69) is 10.5 Å². The minimum absolute atomic E-state index is 0.00790. The average Bonchev–Trinajstić information content (AvgIpc) is 3.07. The number of hydrogen-bond donors (Lipinski definition) is 2. The van der Waals surface area contributed by atoms with Crippen molar-refractivity contribution in [2.45, 2.75) is 18.0 Å². The van der Waals surface area contributed by atoms with Crippen LogP contribution in [-0.2, 0) is 16.2 Å². The molecule has 0 unspecified atom stereocenters. The standard InChI is InChI=1S/C18H12F5N3O4S/c1-9-14(8-24-30-9)17(27)25-12-2-3-16(15(7-12)18(21,22)23)26-31(28,29)13-5-10(19)4-11(20)6-13/h2-8,26H,1H3,(H,25,27). The quantitative estimate of drug-likeness (QED) is 0.551. The third-order valence-electron chi connectivity index (χ3n) is 3.97. The van der Waals surface area contributed by atoms with Crippen LogP contribution in [0.5, 0.6) is 0 Å². The lowest BCUT2D eigenvalue weighted by Crippen LogP contribution is -2.18. The van der Waals surface area contributed by atoms with Crippen LogP contribution in [0, 0.1) is 18.6 Å². The summed E-state index contributed by atoms with van der Waals surface area (Å²) >= 11 is 0. The first-order valence-electron chi connectivity index (χ1n) is 8.29. The minimum atomic E-state index is -5.03. The topological polar surface area (TPSA) is 101 Å². The number of benzene rings is 2. The zero-order chi connectivity index (χ0) is 23.0. The van der Waals surface area contributed by atoms with Gasteiger partial charge < -0.3 is 9.84 Å². The summed E-state index contributed by atoms with van der Waals surface area (Å²) in [5, 5.41) is 5.61. The predicted molar refractivity (Wildman–Crippen MR) is 97.8 cm³/mol. The number of carbonyl (C=O) groups is 1. The molecule has 3 aromatic rings. The second-order valence-corrected chi connectivity index (χ2v) is 7.90. The highest BCUT2D eigenvalue weighted by Gasteiger charge is 2.35. The first kappa shape index (κ1) is 22.2. The molecule has 7 nitrogen and oxygen atoms in total. The minimum Gasteiger partial charge on any atom is -0.361 e. The summed E-state index contributed by atoms with van der Waals surface area (Å²) in [6.45, 7) is 1.43. The van der Waals surface area contributed by atoms with Crippen LogP contribution in [0.1, 0.15) is 21.7 Å². The summed E-state index contributed by atoms with van der Waals surface area (Å²) in [7, 11) is -4.76. The maximum absolute atomic E-state index is 13.5. The molecule has 0 aliphatic carbocycles. The lowest BCUT2D eigenvalue weighted by molar-refractivity contribution is -0.136. The van der Waals surface area contributed by atoms with E-state index >= 15 is 0 Å². The van der Waals surface area contributed by atoms with E-state index in [1.807, 2.05) is 0 Å². The second-order valence-electron chi connectivity index (χ2n) is 6.22. The summed E-state index contributed by atoms with van der Waals surface area (Å²) in [6, 6.07) is 3.59. The fraction of sp³-hybridized carbons (Fsp3) is 0.111. The Kier molecular flexibility index (Phi) is 5.72. The highest BCUT2D eigenvalue weighted by Crippen LogP contribution is 2.37.